The highest BCUT2D eigenvalue weighted by Crippen LogP contribution is 2.23. The van der Waals surface area contributed by atoms with Gasteiger partial charge in [-0.2, -0.15) is 0 Å². The zero-order valence-corrected chi connectivity index (χ0v) is 13.0. The van der Waals surface area contributed by atoms with Crippen LogP contribution in [0.5, 0.6) is 11.5 Å². The SMILES string of the molecule is Cc1ccc(Br)cc1OCCCOc1ccccc1N. The van der Waals surface area contributed by atoms with Crippen molar-refractivity contribution in [1.29, 1.82) is 0 Å². The van der Waals surface area contributed by atoms with Crippen molar-refractivity contribution in [2.45, 2.75) is 13.3 Å². The average Bonchev–Trinajstić information content (AvgIpc) is 2.44. The normalized spacial score (nSPS) is 10.3. The van der Waals surface area contributed by atoms with Gasteiger partial charge in [-0.05, 0) is 36.8 Å². The molecule has 106 valence electrons. The molecule has 0 aliphatic rings. The zero-order chi connectivity index (χ0) is 14.4. The number of halogens is 1. The quantitative estimate of drug-likeness (QED) is 0.635. The Kier molecular flexibility index (Phi) is 5.30. The smallest absolute Gasteiger partial charge is 0.142 e. The number of anilines is 1. The Morgan fingerprint density at radius 2 is 1.70 bits per heavy atom. The van der Waals surface area contributed by atoms with E-state index in [0.717, 1.165) is 28.0 Å². The highest BCUT2D eigenvalue weighted by atomic mass is 79.9. The molecule has 20 heavy (non-hydrogen) atoms. The maximum absolute atomic E-state index is 5.80. The monoisotopic (exact) mass is 335 g/mol. The first-order chi connectivity index (χ1) is 9.66. The summed E-state index contributed by atoms with van der Waals surface area (Å²) in [6.45, 7) is 3.23. The minimum atomic E-state index is 0.585. The van der Waals surface area contributed by atoms with Crippen molar-refractivity contribution in [3.63, 3.8) is 0 Å². The van der Waals surface area contributed by atoms with Crippen molar-refractivity contribution in [2.75, 3.05) is 18.9 Å². The second-order valence-corrected chi connectivity index (χ2v) is 5.41. The van der Waals surface area contributed by atoms with E-state index in [1.165, 1.54) is 0 Å². The molecule has 3 nitrogen and oxygen atoms in total. The van der Waals surface area contributed by atoms with Crippen LogP contribution in [0.4, 0.5) is 5.69 Å². The molecule has 0 aliphatic carbocycles. The van der Waals surface area contributed by atoms with Crippen LogP contribution in [-0.2, 0) is 0 Å². The summed E-state index contributed by atoms with van der Waals surface area (Å²) in [5, 5.41) is 0. The molecule has 0 spiro atoms. The molecular weight excluding hydrogens is 318 g/mol. The lowest BCUT2D eigenvalue weighted by atomic mass is 10.2. The van der Waals surface area contributed by atoms with Crippen molar-refractivity contribution >= 4 is 21.6 Å². The van der Waals surface area contributed by atoms with Crippen LogP contribution in [0.2, 0.25) is 0 Å². The number of aryl methyl sites for hydroxylation is 1. The average molecular weight is 336 g/mol. The van der Waals surface area contributed by atoms with Crippen molar-refractivity contribution in [3.05, 3.63) is 52.5 Å². The van der Waals surface area contributed by atoms with Crippen molar-refractivity contribution in [3.8, 4) is 11.5 Å². The third-order valence-electron chi connectivity index (χ3n) is 2.87. The van der Waals surface area contributed by atoms with Crippen molar-refractivity contribution in [1.82, 2.24) is 0 Å². The molecule has 0 fully saturated rings. The summed E-state index contributed by atoms with van der Waals surface area (Å²) >= 11 is 3.44. The first-order valence-electron chi connectivity index (χ1n) is 6.53. The summed E-state index contributed by atoms with van der Waals surface area (Å²) in [5.74, 6) is 1.63. The van der Waals surface area contributed by atoms with E-state index in [1.807, 2.05) is 49.4 Å². The van der Waals surface area contributed by atoms with Gasteiger partial charge in [0.25, 0.3) is 0 Å². The van der Waals surface area contributed by atoms with E-state index in [4.69, 9.17) is 15.2 Å². The molecule has 0 unspecified atom stereocenters. The van der Waals surface area contributed by atoms with Gasteiger partial charge in [-0.3, -0.25) is 0 Å². The minimum Gasteiger partial charge on any atom is -0.493 e. The number of hydrogen-bond donors (Lipinski definition) is 1. The zero-order valence-electron chi connectivity index (χ0n) is 11.4. The number of para-hydroxylation sites is 2. The summed E-state index contributed by atoms with van der Waals surface area (Å²) in [6, 6.07) is 13.5. The lowest BCUT2D eigenvalue weighted by Crippen LogP contribution is -2.06. The molecule has 0 saturated heterocycles. The molecule has 2 aromatic rings. The Balaban J connectivity index is 1.74. The van der Waals surface area contributed by atoms with Gasteiger partial charge in [-0.15, -0.1) is 0 Å². The van der Waals surface area contributed by atoms with Gasteiger partial charge in [0, 0.05) is 10.9 Å². The van der Waals surface area contributed by atoms with E-state index in [9.17, 15) is 0 Å². The van der Waals surface area contributed by atoms with E-state index < -0.39 is 0 Å². The summed E-state index contributed by atoms with van der Waals surface area (Å²) in [6.07, 6.45) is 0.806. The first-order valence-corrected chi connectivity index (χ1v) is 7.32. The lowest BCUT2D eigenvalue weighted by Gasteiger charge is -2.11. The fourth-order valence-electron chi connectivity index (χ4n) is 1.76. The molecule has 0 radical (unpaired) electrons. The predicted molar refractivity (Wildman–Crippen MR) is 85.3 cm³/mol. The molecule has 0 saturated carbocycles. The molecule has 0 heterocycles. The third kappa shape index (κ3) is 4.17. The Morgan fingerprint density at radius 1 is 1.00 bits per heavy atom. The highest BCUT2D eigenvalue weighted by Gasteiger charge is 2.01. The number of nitrogen functional groups attached to an aromatic ring is 1. The summed E-state index contributed by atoms with van der Waals surface area (Å²) in [7, 11) is 0. The van der Waals surface area contributed by atoms with Gasteiger partial charge in [0.1, 0.15) is 11.5 Å². The van der Waals surface area contributed by atoms with Crippen LogP contribution < -0.4 is 15.2 Å². The second-order valence-electron chi connectivity index (χ2n) is 4.50. The maximum Gasteiger partial charge on any atom is 0.142 e. The molecule has 0 bridgehead atoms. The van der Waals surface area contributed by atoms with E-state index in [-0.39, 0.29) is 0 Å². The molecule has 0 amide bonds. The third-order valence-corrected chi connectivity index (χ3v) is 3.37. The lowest BCUT2D eigenvalue weighted by molar-refractivity contribution is 0.247. The summed E-state index contributed by atoms with van der Waals surface area (Å²) in [5.41, 5.74) is 7.59. The Bertz CT molecular complexity index is 572. The molecule has 2 aromatic carbocycles. The largest absolute Gasteiger partial charge is 0.493 e. The van der Waals surface area contributed by atoms with Crippen LogP contribution in [0.3, 0.4) is 0 Å². The van der Waals surface area contributed by atoms with E-state index in [1.54, 1.807) is 0 Å². The van der Waals surface area contributed by atoms with Gasteiger partial charge in [0.05, 0.1) is 18.9 Å². The topological polar surface area (TPSA) is 44.5 Å². The van der Waals surface area contributed by atoms with Crippen LogP contribution in [0.25, 0.3) is 0 Å². The Hall–Kier alpha value is -1.68. The van der Waals surface area contributed by atoms with E-state index in [0.29, 0.717) is 18.9 Å². The maximum atomic E-state index is 5.80. The highest BCUT2D eigenvalue weighted by molar-refractivity contribution is 9.10. The first kappa shape index (κ1) is 14.7. The van der Waals surface area contributed by atoms with Crippen LogP contribution in [0, 0.1) is 6.92 Å². The van der Waals surface area contributed by atoms with Crippen molar-refractivity contribution in [2.24, 2.45) is 0 Å². The molecule has 4 heteroatoms. The van der Waals surface area contributed by atoms with Gasteiger partial charge in [0.15, 0.2) is 0 Å². The van der Waals surface area contributed by atoms with Gasteiger partial charge in [-0.25, -0.2) is 0 Å². The molecule has 2 N–H and O–H groups in total. The number of nitrogens with two attached hydrogens (primary N) is 1. The fourth-order valence-corrected chi connectivity index (χ4v) is 2.10. The number of hydrogen-bond acceptors (Lipinski definition) is 3. The van der Waals surface area contributed by atoms with Gasteiger partial charge in [-0.1, -0.05) is 34.1 Å². The van der Waals surface area contributed by atoms with E-state index >= 15 is 0 Å². The predicted octanol–water partition coefficient (Wildman–Crippen LogP) is 4.19. The fraction of sp³-hybridized carbons (Fsp3) is 0.250. The van der Waals surface area contributed by atoms with Crippen molar-refractivity contribution < 1.29 is 9.47 Å². The second kappa shape index (κ2) is 7.20. The van der Waals surface area contributed by atoms with E-state index in [2.05, 4.69) is 15.9 Å². The molecule has 2 rings (SSSR count). The van der Waals surface area contributed by atoms with Gasteiger partial charge >= 0.3 is 0 Å². The van der Waals surface area contributed by atoms with Crippen LogP contribution in [0.15, 0.2) is 46.9 Å². The Morgan fingerprint density at radius 3 is 2.45 bits per heavy atom. The molecule has 0 aromatic heterocycles. The Labute approximate surface area is 127 Å². The number of ether oxygens (including phenoxy) is 2. The summed E-state index contributed by atoms with van der Waals surface area (Å²) < 4.78 is 12.4. The van der Waals surface area contributed by atoms with Gasteiger partial charge in [0.2, 0.25) is 0 Å². The molecule has 0 atom stereocenters. The molecule has 0 aliphatic heterocycles. The van der Waals surface area contributed by atoms with Crippen LogP contribution in [0.1, 0.15) is 12.0 Å². The minimum absolute atomic E-state index is 0.585. The number of rotatable bonds is 6. The molecular formula is C16H18BrNO2. The summed E-state index contributed by atoms with van der Waals surface area (Å²) in [4.78, 5) is 0. The van der Waals surface area contributed by atoms with Crippen LogP contribution in [-0.4, -0.2) is 13.2 Å². The number of benzene rings is 2. The van der Waals surface area contributed by atoms with Crippen LogP contribution >= 0.6 is 15.9 Å². The van der Waals surface area contributed by atoms with Gasteiger partial charge < -0.3 is 15.2 Å². The standard InChI is InChI=1S/C16H18BrNO2/c1-12-7-8-13(17)11-16(12)20-10-4-9-19-15-6-3-2-5-14(15)18/h2-3,5-8,11H,4,9-10,18H2,1H3.